The van der Waals surface area contributed by atoms with Gasteiger partial charge < -0.3 is 10.1 Å². The molecule has 0 aliphatic rings. The Bertz CT molecular complexity index is 299. The van der Waals surface area contributed by atoms with E-state index in [2.05, 4.69) is 10.3 Å². The van der Waals surface area contributed by atoms with E-state index < -0.39 is 0 Å². The third kappa shape index (κ3) is 3.85. The third-order valence-corrected chi connectivity index (χ3v) is 2.35. The summed E-state index contributed by atoms with van der Waals surface area (Å²) in [5.74, 6) is -0.0873. The summed E-state index contributed by atoms with van der Waals surface area (Å²) in [5, 5.41) is 5.23. The van der Waals surface area contributed by atoms with Crippen molar-refractivity contribution < 1.29 is 9.53 Å². The molecule has 1 amide bonds. The Labute approximate surface area is 87.3 Å². The zero-order valence-electron chi connectivity index (χ0n) is 8.37. The molecule has 0 saturated carbocycles. The van der Waals surface area contributed by atoms with E-state index in [0.717, 1.165) is 18.7 Å². The first-order valence-corrected chi connectivity index (χ1v) is 5.40. The van der Waals surface area contributed by atoms with E-state index in [1.165, 1.54) is 18.3 Å². The van der Waals surface area contributed by atoms with Crippen LogP contribution in [0.3, 0.4) is 0 Å². The number of carbonyl (C=O) groups is 1. The van der Waals surface area contributed by atoms with Crippen molar-refractivity contribution in [1.29, 1.82) is 0 Å². The van der Waals surface area contributed by atoms with Crippen molar-refractivity contribution in [3.63, 3.8) is 0 Å². The van der Waals surface area contributed by atoms with Crippen molar-refractivity contribution in [1.82, 2.24) is 4.98 Å². The number of hydrogen-bond acceptors (Lipinski definition) is 4. The molecule has 1 aromatic rings. The molecule has 0 spiro atoms. The van der Waals surface area contributed by atoms with Gasteiger partial charge in [0, 0.05) is 25.3 Å². The summed E-state index contributed by atoms with van der Waals surface area (Å²) in [6.45, 7) is 4.84. The normalized spacial score (nSPS) is 10.1. The number of nitrogens with one attached hydrogen (secondary N) is 1. The number of anilines is 1. The minimum absolute atomic E-state index is 0.0873. The molecule has 0 fully saturated rings. The number of nitrogens with zero attached hydrogens (tertiary/aromatic N) is 1. The smallest absolute Gasteiger partial charge is 0.223 e. The van der Waals surface area contributed by atoms with Gasteiger partial charge in [-0.2, -0.15) is 0 Å². The Morgan fingerprint density at radius 2 is 2.50 bits per heavy atom. The zero-order valence-corrected chi connectivity index (χ0v) is 9.19. The van der Waals surface area contributed by atoms with E-state index in [1.54, 1.807) is 0 Å². The molecule has 5 heteroatoms. The lowest BCUT2D eigenvalue weighted by Gasteiger charge is -1.97. The van der Waals surface area contributed by atoms with E-state index in [1.807, 2.05) is 12.3 Å². The van der Waals surface area contributed by atoms with Crippen LogP contribution in [-0.2, 0) is 16.0 Å². The van der Waals surface area contributed by atoms with Gasteiger partial charge in [0.25, 0.3) is 0 Å². The van der Waals surface area contributed by atoms with Gasteiger partial charge in [0.15, 0.2) is 5.13 Å². The second-order valence-corrected chi connectivity index (χ2v) is 3.63. The fourth-order valence-electron chi connectivity index (χ4n) is 0.951. The fraction of sp³-hybridized carbons (Fsp3) is 0.556. The van der Waals surface area contributed by atoms with Gasteiger partial charge in [-0.1, -0.05) is 0 Å². The lowest BCUT2D eigenvalue weighted by molar-refractivity contribution is -0.114. The van der Waals surface area contributed by atoms with E-state index >= 15 is 0 Å². The minimum Gasteiger partial charge on any atom is -0.381 e. The predicted octanol–water partition coefficient (Wildman–Crippen LogP) is 1.68. The Kier molecular flexibility index (Phi) is 4.55. The predicted molar refractivity (Wildman–Crippen MR) is 56.6 cm³/mol. The first-order chi connectivity index (χ1) is 6.72. The molecule has 1 aromatic heterocycles. The van der Waals surface area contributed by atoms with E-state index in [-0.39, 0.29) is 5.91 Å². The van der Waals surface area contributed by atoms with Crippen molar-refractivity contribution >= 4 is 22.4 Å². The number of hydrogen-bond donors (Lipinski definition) is 1. The molecule has 1 heterocycles. The van der Waals surface area contributed by atoms with E-state index in [0.29, 0.717) is 11.7 Å². The van der Waals surface area contributed by atoms with Crippen LogP contribution in [0.1, 0.15) is 19.5 Å². The highest BCUT2D eigenvalue weighted by atomic mass is 32.1. The summed E-state index contributed by atoms with van der Waals surface area (Å²) in [6, 6.07) is 0. The number of thiazole rings is 1. The van der Waals surface area contributed by atoms with Crippen LogP contribution < -0.4 is 5.32 Å². The van der Waals surface area contributed by atoms with Crippen molar-refractivity contribution in [3.8, 4) is 0 Å². The molecule has 0 aromatic carbocycles. The Hall–Kier alpha value is -0.940. The van der Waals surface area contributed by atoms with Gasteiger partial charge in [0.05, 0.1) is 12.3 Å². The second kappa shape index (κ2) is 5.72. The van der Waals surface area contributed by atoms with Gasteiger partial charge in [-0.3, -0.25) is 4.79 Å². The quantitative estimate of drug-likeness (QED) is 0.759. The summed E-state index contributed by atoms with van der Waals surface area (Å²) in [6.07, 6.45) is 0.796. The molecule has 0 aliphatic heterocycles. The lowest BCUT2D eigenvalue weighted by atomic mass is 10.4. The SMILES string of the molecule is CCOCCc1csc(NC(C)=O)n1. The Morgan fingerprint density at radius 1 is 1.71 bits per heavy atom. The second-order valence-electron chi connectivity index (χ2n) is 2.77. The number of amides is 1. The van der Waals surface area contributed by atoms with Crippen LogP contribution in [0.15, 0.2) is 5.38 Å². The highest BCUT2D eigenvalue weighted by Crippen LogP contribution is 2.15. The molecule has 1 N–H and O–H groups in total. The van der Waals surface area contributed by atoms with Crippen LogP contribution in [-0.4, -0.2) is 24.1 Å². The molecule has 14 heavy (non-hydrogen) atoms. The summed E-state index contributed by atoms with van der Waals surface area (Å²) in [5.41, 5.74) is 0.965. The Balaban J connectivity index is 2.38. The van der Waals surface area contributed by atoms with Gasteiger partial charge in [-0.05, 0) is 6.92 Å². The number of carbonyl (C=O) groups excluding carboxylic acids is 1. The molecule has 0 radical (unpaired) electrons. The van der Waals surface area contributed by atoms with E-state index in [9.17, 15) is 4.79 Å². The van der Waals surface area contributed by atoms with Gasteiger partial charge in [-0.15, -0.1) is 11.3 Å². The summed E-state index contributed by atoms with van der Waals surface area (Å²) in [4.78, 5) is 14.9. The standard InChI is InChI=1S/C9H14N2O2S/c1-3-13-5-4-8-6-14-9(11-8)10-7(2)12/h6H,3-5H2,1-2H3,(H,10,11,12). The van der Waals surface area contributed by atoms with Crippen molar-refractivity contribution in [2.75, 3.05) is 18.5 Å². The van der Waals surface area contributed by atoms with Crippen molar-refractivity contribution in [3.05, 3.63) is 11.1 Å². The molecule has 1 rings (SSSR count). The van der Waals surface area contributed by atoms with Crippen LogP contribution >= 0.6 is 11.3 Å². The maximum absolute atomic E-state index is 10.7. The molecule has 78 valence electrons. The average Bonchev–Trinajstić information content (AvgIpc) is 2.52. The Morgan fingerprint density at radius 3 is 3.14 bits per heavy atom. The number of aromatic nitrogens is 1. The first-order valence-electron chi connectivity index (χ1n) is 4.52. The van der Waals surface area contributed by atoms with E-state index in [4.69, 9.17) is 4.74 Å². The molecule has 0 bridgehead atoms. The molecule has 0 aliphatic carbocycles. The summed E-state index contributed by atoms with van der Waals surface area (Å²) < 4.78 is 5.21. The van der Waals surface area contributed by atoms with Crippen molar-refractivity contribution in [2.45, 2.75) is 20.3 Å². The van der Waals surface area contributed by atoms with Gasteiger partial charge in [0.1, 0.15) is 0 Å². The first kappa shape index (κ1) is 11.1. The van der Waals surface area contributed by atoms with Crippen LogP contribution in [0.4, 0.5) is 5.13 Å². The third-order valence-electron chi connectivity index (χ3n) is 1.54. The minimum atomic E-state index is -0.0873. The van der Waals surface area contributed by atoms with Crippen LogP contribution in [0.2, 0.25) is 0 Å². The molecule has 0 unspecified atom stereocenters. The van der Waals surface area contributed by atoms with Gasteiger partial charge in [0.2, 0.25) is 5.91 Å². The molecule has 4 nitrogen and oxygen atoms in total. The molecular formula is C9H14N2O2S. The van der Waals surface area contributed by atoms with Gasteiger partial charge in [-0.25, -0.2) is 4.98 Å². The highest BCUT2D eigenvalue weighted by molar-refractivity contribution is 7.13. The summed E-state index contributed by atoms with van der Waals surface area (Å²) in [7, 11) is 0. The maximum atomic E-state index is 10.7. The molecule has 0 saturated heterocycles. The van der Waals surface area contributed by atoms with Crippen LogP contribution in [0.25, 0.3) is 0 Å². The fourth-order valence-corrected chi connectivity index (χ4v) is 1.74. The van der Waals surface area contributed by atoms with Crippen molar-refractivity contribution in [2.24, 2.45) is 0 Å². The van der Waals surface area contributed by atoms with Crippen LogP contribution in [0.5, 0.6) is 0 Å². The molecular weight excluding hydrogens is 200 g/mol. The number of ether oxygens (including phenoxy) is 1. The number of rotatable bonds is 5. The monoisotopic (exact) mass is 214 g/mol. The molecule has 0 atom stereocenters. The average molecular weight is 214 g/mol. The topological polar surface area (TPSA) is 51.2 Å². The maximum Gasteiger partial charge on any atom is 0.223 e. The highest BCUT2D eigenvalue weighted by Gasteiger charge is 2.02. The van der Waals surface area contributed by atoms with Gasteiger partial charge >= 0.3 is 0 Å². The lowest BCUT2D eigenvalue weighted by Crippen LogP contribution is -2.05. The summed E-state index contributed by atoms with van der Waals surface area (Å²) >= 11 is 1.44. The largest absolute Gasteiger partial charge is 0.381 e. The zero-order chi connectivity index (χ0) is 10.4. The van der Waals surface area contributed by atoms with Crippen LogP contribution in [0, 0.1) is 0 Å².